The number of methoxy groups -OCH3 is 1. The van der Waals surface area contributed by atoms with Gasteiger partial charge in [0, 0.05) is 25.4 Å². The van der Waals surface area contributed by atoms with Gasteiger partial charge in [0.2, 0.25) is 0 Å². The molecule has 2 aliphatic heterocycles. The molecular formula is C69H118O8PSi5+. The van der Waals surface area contributed by atoms with Crippen LogP contribution in [0.4, 0.5) is 0 Å². The molecule has 0 aromatic heterocycles. The number of benzene rings is 3. The summed E-state index contributed by atoms with van der Waals surface area (Å²) in [6.45, 7) is 57.7. The van der Waals surface area contributed by atoms with Crippen LogP contribution in [0.3, 0.4) is 0 Å². The lowest BCUT2D eigenvalue weighted by Crippen LogP contribution is -2.70. The van der Waals surface area contributed by atoms with Crippen LogP contribution in [0, 0.1) is 11.8 Å². The first-order valence-corrected chi connectivity index (χ1v) is 49.0. The quantitative estimate of drug-likeness (QED) is 0.0215. The van der Waals surface area contributed by atoms with Gasteiger partial charge in [-0.3, -0.25) is 0 Å². The summed E-state index contributed by atoms with van der Waals surface area (Å²) in [7, 11) is -11.6. The van der Waals surface area contributed by atoms with Crippen molar-refractivity contribution in [2.45, 2.75) is 263 Å². The number of allylic oxidation sites excluding steroid dienone is 2. The number of hydrogen-bond donors (Lipinski definition) is 0. The average Bonchev–Trinajstić information content (AvgIpc) is 1.86. The summed E-state index contributed by atoms with van der Waals surface area (Å²) in [6, 6.07) is 36.7. The summed E-state index contributed by atoms with van der Waals surface area (Å²) in [6.07, 6.45) is 9.04. The van der Waals surface area contributed by atoms with Crippen LogP contribution in [-0.2, 0) is 36.3 Å². The first kappa shape index (κ1) is 71.8. The lowest BCUT2D eigenvalue weighted by atomic mass is 9.78. The van der Waals surface area contributed by atoms with Crippen molar-refractivity contribution in [3.8, 4) is 0 Å². The van der Waals surface area contributed by atoms with E-state index in [0.29, 0.717) is 19.3 Å². The highest BCUT2D eigenvalue weighted by atomic mass is 31.2. The van der Waals surface area contributed by atoms with Crippen molar-refractivity contribution in [1.29, 1.82) is 0 Å². The van der Waals surface area contributed by atoms with E-state index in [-0.39, 0.29) is 52.4 Å². The molecule has 0 radical (unpaired) electrons. The Bertz CT molecular complexity index is 2380. The molecule has 0 amide bonds. The summed E-state index contributed by atoms with van der Waals surface area (Å²) in [4.78, 5) is 0. The molecule has 466 valence electrons. The Morgan fingerprint density at radius 3 is 1.58 bits per heavy atom. The fourth-order valence-corrected chi connectivity index (χ4v) is 24.3. The van der Waals surface area contributed by atoms with Crippen molar-refractivity contribution in [2.75, 3.05) is 13.3 Å². The zero-order valence-electron chi connectivity index (χ0n) is 56.4. The molecule has 2 heterocycles. The highest BCUT2D eigenvalue weighted by molar-refractivity contribution is 7.95. The second-order valence-corrected chi connectivity index (χ2v) is 56.3. The maximum Gasteiger partial charge on any atom is 0.198 e. The summed E-state index contributed by atoms with van der Waals surface area (Å²) >= 11 is 0. The molecule has 11 atom stereocenters. The average molecular weight is 1250 g/mol. The lowest BCUT2D eigenvalue weighted by Gasteiger charge is -2.57. The van der Waals surface area contributed by atoms with Crippen LogP contribution in [0.1, 0.15) is 115 Å². The molecule has 0 unspecified atom stereocenters. The van der Waals surface area contributed by atoms with E-state index in [2.05, 4.69) is 245 Å². The summed E-state index contributed by atoms with van der Waals surface area (Å²) < 4.78 is 61.1. The fraction of sp³-hybridized carbons (Fsp3) is 0.652. The fourth-order valence-electron chi connectivity index (χ4n) is 12.1. The van der Waals surface area contributed by atoms with Gasteiger partial charge in [-0.2, -0.15) is 0 Å². The van der Waals surface area contributed by atoms with Gasteiger partial charge in [-0.25, -0.2) is 0 Å². The number of ether oxygens (including phenoxy) is 3. The smallest absolute Gasteiger partial charge is 0.198 e. The normalized spacial score (nSPS) is 25.3. The molecule has 5 rings (SSSR count). The van der Waals surface area contributed by atoms with Crippen LogP contribution in [0.25, 0.3) is 0 Å². The van der Waals surface area contributed by atoms with Crippen LogP contribution < -0.4 is 15.9 Å². The highest BCUT2D eigenvalue weighted by Crippen LogP contribution is 2.57. The minimum Gasteiger partial charge on any atom is -0.413 e. The minimum absolute atomic E-state index is 0.0141. The molecule has 3 aromatic rings. The van der Waals surface area contributed by atoms with Crippen LogP contribution in [0.2, 0.25) is 93.7 Å². The Hall–Kier alpha value is -1.93. The molecule has 2 fully saturated rings. The second-order valence-electron chi connectivity index (χ2n) is 29.6. The summed E-state index contributed by atoms with van der Waals surface area (Å²) in [5, 5.41) is 4.27. The number of rotatable bonds is 30. The summed E-state index contributed by atoms with van der Waals surface area (Å²) in [5.41, 5.74) is 1.05. The molecule has 8 nitrogen and oxygen atoms in total. The molecule has 3 aromatic carbocycles. The predicted molar refractivity (Wildman–Crippen MR) is 370 cm³/mol. The number of unbranched alkanes of at least 4 members (excludes halogenated alkanes) is 1. The van der Waals surface area contributed by atoms with E-state index in [9.17, 15) is 0 Å². The van der Waals surface area contributed by atoms with E-state index in [1.807, 2.05) is 19.3 Å². The maximum atomic E-state index is 8.13. The standard InChI is InChI=1S/C69H118O8PSi5/c1-25-29-41-56(73-81(21,22)67(8,9)10)50-53(5)51-61-65(76-80(18,19)20)63(75-79(15,16)17)55(7)64(71-61)66(77-83(26-2,27-3)28-4)69(70-14)52-62(74-82(23,24)68(11,12)13)54(6)60(72-69)48-39-40-49-78(57-42-33-30-34-43-57,58-44-35-31-36-45-58)59-46-37-32-38-47-59/h25,29-38,41-47,54-56,60-66H,1,5,26-28,39-40,48-52H2,2-4,6-24H3/q+1/b41-29+/t54-,55+,56+,60+,61+,62-,63+,64+,65+,66-,69+/m0/s1. The topological polar surface area (TPSA) is 73.8 Å². The molecule has 0 bridgehead atoms. The van der Waals surface area contributed by atoms with E-state index in [1.165, 1.54) is 15.9 Å². The van der Waals surface area contributed by atoms with Gasteiger partial charge < -0.3 is 36.3 Å². The highest BCUT2D eigenvalue weighted by Gasteiger charge is 2.61. The van der Waals surface area contributed by atoms with Gasteiger partial charge in [-0.15, -0.1) is 0 Å². The Kier molecular flexibility index (Phi) is 25.6. The molecule has 0 aliphatic carbocycles. The SMILES string of the molecule is C=C/C=C/[C@H](CC(=C)C[C@H]1O[C@@H]([C@H](O[Si](CC)(CC)CC)[C@@]2(OC)C[C@H](O[Si](C)(C)C(C)(C)C)[C@@H](C)[C@@H](CCCC[P+](c3ccccc3)(c3ccccc3)c3ccccc3)O2)[C@H](C)[C@@H](O[Si](C)(C)C)[C@@H]1O[Si](C)(C)C)O[Si](C)(C)C(C)(C)C. The third kappa shape index (κ3) is 18.4. The maximum absolute atomic E-state index is 8.13. The lowest BCUT2D eigenvalue weighted by molar-refractivity contribution is -0.353. The molecule has 83 heavy (non-hydrogen) atoms. The molecule has 0 saturated carbocycles. The zero-order valence-corrected chi connectivity index (χ0v) is 62.3. The predicted octanol–water partition coefficient (Wildman–Crippen LogP) is 18.0. The Labute approximate surface area is 514 Å². The van der Waals surface area contributed by atoms with Gasteiger partial charge in [0.05, 0.1) is 48.9 Å². The largest absolute Gasteiger partial charge is 0.413 e. The third-order valence-corrected chi connectivity index (χ3v) is 39.3. The van der Waals surface area contributed by atoms with Crippen LogP contribution in [0.5, 0.6) is 0 Å². The van der Waals surface area contributed by atoms with Gasteiger partial charge >= 0.3 is 0 Å². The molecule has 0 N–H and O–H groups in total. The minimum atomic E-state index is -2.45. The van der Waals surface area contributed by atoms with Crippen molar-refractivity contribution in [3.05, 3.63) is 128 Å². The van der Waals surface area contributed by atoms with E-state index in [1.54, 1.807) is 0 Å². The van der Waals surface area contributed by atoms with E-state index in [0.717, 1.165) is 49.1 Å². The number of hydrogen-bond acceptors (Lipinski definition) is 8. The Balaban J connectivity index is 1.68. The van der Waals surface area contributed by atoms with E-state index in [4.69, 9.17) is 42.9 Å². The molecule has 2 saturated heterocycles. The molecular weight excluding hydrogens is 1130 g/mol. The van der Waals surface area contributed by atoms with Gasteiger partial charge in [-0.05, 0) is 162 Å². The first-order chi connectivity index (χ1) is 38.6. The van der Waals surface area contributed by atoms with Crippen molar-refractivity contribution in [1.82, 2.24) is 0 Å². The third-order valence-electron chi connectivity index (χ3n) is 19.2. The van der Waals surface area contributed by atoms with Crippen molar-refractivity contribution >= 4 is 64.8 Å². The Morgan fingerprint density at radius 2 is 1.14 bits per heavy atom. The van der Waals surface area contributed by atoms with Crippen LogP contribution >= 0.6 is 7.26 Å². The van der Waals surface area contributed by atoms with Crippen LogP contribution in [0.15, 0.2) is 128 Å². The van der Waals surface area contributed by atoms with Gasteiger partial charge in [-0.1, -0.05) is 168 Å². The van der Waals surface area contributed by atoms with E-state index >= 15 is 0 Å². The van der Waals surface area contributed by atoms with Crippen molar-refractivity contribution in [2.24, 2.45) is 11.8 Å². The van der Waals surface area contributed by atoms with Crippen LogP contribution in [-0.4, -0.2) is 109 Å². The second kappa shape index (κ2) is 29.6. The van der Waals surface area contributed by atoms with Gasteiger partial charge in [0.15, 0.2) is 47.4 Å². The Morgan fingerprint density at radius 1 is 0.663 bits per heavy atom. The first-order valence-electron chi connectivity index (χ1n) is 31.9. The summed E-state index contributed by atoms with van der Waals surface area (Å²) in [5.74, 6) is -1.28. The van der Waals surface area contributed by atoms with Crippen molar-refractivity contribution in [3.63, 3.8) is 0 Å². The monoisotopic (exact) mass is 1250 g/mol. The van der Waals surface area contributed by atoms with Crippen molar-refractivity contribution < 1.29 is 36.3 Å². The van der Waals surface area contributed by atoms with E-state index < -0.39 is 72.9 Å². The van der Waals surface area contributed by atoms with Gasteiger partial charge in [0.1, 0.15) is 29.3 Å². The molecule has 2 aliphatic rings. The molecule has 0 spiro atoms. The molecule has 14 heteroatoms. The zero-order chi connectivity index (χ0) is 62.0. The van der Waals surface area contributed by atoms with Gasteiger partial charge in [0.25, 0.3) is 0 Å².